The molecule has 1 aromatic carbocycles. The number of aromatic nitrogens is 2. The average Bonchev–Trinajstić information content (AvgIpc) is 2.81. The van der Waals surface area contributed by atoms with Crippen molar-refractivity contribution >= 4 is 41.8 Å². The van der Waals surface area contributed by atoms with Gasteiger partial charge in [-0.15, -0.1) is 24.8 Å². The zero-order chi connectivity index (χ0) is 14.0. The van der Waals surface area contributed by atoms with Gasteiger partial charge in [0.1, 0.15) is 5.82 Å². The maximum Gasteiger partial charge on any atom is 0.224 e. The minimum Gasteiger partial charge on any atom is -0.346 e. The van der Waals surface area contributed by atoms with Crippen LogP contribution in [-0.4, -0.2) is 21.9 Å². The molecule has 0 aliphatic carbocycles. The summed E-state index contributed by atoms with van der Waals surface area (Å²) in [7, 11) is 0. The molecule has 3 unspecified atom stereocenters. The topological polar surface area (TPSA) is 83.8 Å². The van der Waals surface area contributed by atoms with Crippen LogP contribution in [0.5, 0.6) is 0 Å². The Bertz CT molecular complexity index is 552. The summed E-state index contributed by atoms with van der Waals surface area (Å²) in [5, 5.41) is 2.93. The lowest BCUT2D eigenvalue weighted by Crippen LogP contribution is -2.39. The zero-order valence-corrected chi connectivity index (χ0v) is 13.9. The fraction of sp³-hybridized carbons (Fsp3) is 0.429. The number of nitrogens with one attached hydrogen (secondary N) is 2. The number of hydrogen-bond acceptors (Lipinski definition) is 3. The van der Waals surface area contributed by atoms with Crippen LogP contribution < -0.4 is 11.1 Å². The Morgan fingerprint density at radius 3 is 2.43 bits per heavy atom. The molecule has 21 heavy (non-hydrogen) atoms. The maximum absolute atomic E-state index is 12.0. The summed E-state index contributed by atoms with van der Waals surface area (Å²) >= 11 is 0. The number of H-pyrrole nitrogens is 1. The van der Waals surface area contributed by atoms with E-state index in [-0.39, 0.29) is 48.7 Å². The van der Waals surface area contributed by atoms with Crippen molar-refractivity contribution in [3.05, 3.63) is 30.1 Å². The monoisotopic (exact) mass is 332 g/mol. The number of fused-ring (bicyclic) bond motifs is 1. The first-order valence-corrected chi connectivity index (χ1v) is 6.49. The van der Waals surface area contributed by atoms with Gasteiger partial charge in [0.05, 0.1) is 17.1 Å². The van der Waals surface area contributed by atoms with Gasteiger partial charge in [-0.1, -0.05) is 19.1 Å². The van der Waals surface area contributed by atoms with Crippen LogP contribution in [0.3, 0.4) is 0 Å². The molecule has 7 heteroatoms. The number of halogens is 2. The second kappa shape index (κ2) is 8.22. The number of amides is 1. The number of benzene rings is 1. The number of hydrogen-bond donors (Lipinski definition) is 3. The molecule has 0 saturated carbocycles. The van der Waals surface area contributed by atoms with Crippen LogP contribution in [0.15, 0.2) is 24.3 Å². The van der Waals surface area contributed by atoms with Gasteiger partial charge < -0.3 is 16.0 Å². The number of carbonyl (C=O) groups is 1. The van der Waals surface area contributed by atoms with E-state index in [0.29, 0.717) is 0 Å². The number of nitrogens with zero attached hydrogens (tertiary/aromatic N) is 1. The summed E-state index contributed by atoms with van der Waals surface area (Å²) < 4.78 is 0. The molecule has 0 fully saturated rings. The first kappa shape index (κ1) is 19.7. The van der Waals surface area contributed by atoms with Crippen LogP contribution in [0.1, 0.15) is 32.6 Å². The van der Waals surface area contributed by atoms with Gasteiger partial charge in [-0.2, -0.15) is 0 Å². The van der Waals surface area contributed by atoms with E-state index in [1.54, 1.807) is 0 Å². The molecule has 5 nitrogen and oxygen atoms in total. The second-order valence-electron chi connectivity index (χ2n) is 5.02. The van der Waals surface area contributed by atoms with Crippen LogP contribution in [0, 0.1) is 5.92 Å². The molecule has 0 spiro atoms. The van der Waals surface area contributed by atoms with Crippen molar-refractivity contribution in [1.29, 1.82) is 0 Å². The molecule has 0 radical (unpaired) electrons. The van der Waals surface area contributed by atoms with E-state index in [9.17, 15) is 4.79 Å². The molecule has 0 saturated heterocycles. The van der Waals surface area contributed by atoms with Gasteiger partial charge in [0.15, 0.2) is 0 Å². The lowest BCUT2D eigenvalue weighted by molar-refractivity contribution is -0.125. The highest BCUT2D eigenvalue weighted by molar-refractivity contribution is 5.85. The Morgan fingerprint density at radius 1 is 1.24 bits per heavy atom. The first-order chi connectivity index (χ1) is 8.99. The predicted molar refractivity (Wildman–Crippen MR) is 90.0 cm³/mol. The van der Waals surface area contributed by atoms with Gasteiger partial charge in [0.25, 0.3) is 0 Å². The van der Waals surface area contributed by atoms with Crippen LogP contribution in [-0.2, 0) is 4.79 Å². The van der Waals surface area contributed by atoms with Gasteiger partial charge in [-0.05, 0) is 26.0 Å². The Balaban J connectivity index is 0.00000200. The number of rotatable bonds is 4. The average molecular weight is 333 g/mol. The van der Waals surface area contributed by atoms with Crippen molar-refractivity contribution in [3.63, 3.8) is 0 Å². The summed E-state index contributed by atoms with van der Waals surface area (Å²) in [5.41, 5.74) is 7.60. The minimum absolute atomic E-state index is 0. The normalized spacial score (nSPS) is 14.5. The fourth-order valence-electron chi connectivity index (χ4n) is 1.83. The van der Waals surface area contributed by atoms with Gasteiger partial charge in [0, 0.05) is 12.0 Å². The number of nitrogens with two attached hydrogens (primary N) is 1. The highest BCUT2D eigenvalue weighted by atomic mass is 35.5. The smallest absolute Gasteiger partial charge is 0.224 e. The van der Waals surface area contributed by atoms with Gasteiger partial charge in [-0.3, -0.25) is 4.79 Å². The summed E-state index contributed by atoms with van der Waals surface area (Å²) in [4.78, 5) is 19.6. The molecule has 1 heterocycles. The Labute approximate surface area is 136 Å². The van der Waals surface area contributed by atoms with Crippen LogP contribution in [0.4, 0.5) is 0 Å². The standard InChI is InChI=1S/C14H20N4O.2ClH/c1-8(9(2)15)14(19)16-10(3)13-17-11-6-4-5-7-12(11)18-13;;/h4-10H,15H2,1-3H3,(H,16,19)(H,17,18);2*1H. The van der Waals surface area contributed by atoms with Crippen molar-refractivity contribution in [1.82, 2.24) is 15.3 Å². The molecule has 118 valence electrons. The van der Waals surface area contributed by atoms with Crippen molar-refractivity contribution < 1.29 is 4.79 Å². The van der Waals surface area contributed by atoms with Crippen molar-refractivity contribution in [3.8, 4) is 0 Å². The number of imidazole rings is 1. The molecule has 3 atom stereocenters. The Morgan fingerprint density at radius 2 is 1.86 bits per heavy atom. The Hall–Kier alpha value is -1.30. The summed E-state index contributed by atoms with van der Waals surface area (Å²) in [6.45, 7) is 5.56. The van der Waals surface area contributed by atoms with E-state index < -0.39 is 0 Å². The highest BCUT2D eigenvalue weighted by Gasteiger charge is 2.20. The minimum atomic E-state index is -0.216. The quantitative estimate of drug-likeness (QED) is 0.804. The lowest BCUT2D eigenvalue weighted by Gasteiger charge is -2.18. The van der Waals surface area contributed by atoms with E-state index in [0.717, 1.165) is 16.9 Å². The van der Waals surface area contributed by atoms with Crippen LogP contribution >= 0.6 is 24.8 Å². The Kier molecular flexibility index (Phi) is 7.71. The van der Waals surface area contributed by atoms with E-state index >= 15 is 0 Å². The largest absolute Gasteiger partial charge is 0.346 e. The van der Waals surface area contributed by atoms with Crippen LogP contribution in [0.2, 0.25) is 0 Å². The molecule has 0 aliphatic rings. The van der Waals surface area contributed by atoms with E-state index in [1.807, 2.05) is 45.0 Å². The molecule has 4 N–H and O–H groups in total. The van der Waals surface area contributed by atoms with Gasteiger partial charge in [-0.25, -0.2) is 4.98 Å². The lowest BCUT2D eigenvalue weighted by atomic mass is 10.0. The molecule has 1 amide bonds. The molecular weight excluding hydrogens is 311 g/mol. The SMILES string of the molecule is CC(NC(=O)C(C)C(C)N)c1nc2ccccc2[nH]1.Cl.Cl. The van der Waals surface area contributed by atoms with Crippen molar-refractivity contribution in [2.45, 2.75) is 32.9 Å². The van der Waals surface area contributed by atoms with Crippen molar-refractivity contribution in [2.24, 2.45) is 11.7 Å². The summed E-state index contributed by atoms with van der Waals surface area (Å²) in [6, 6.07) is 7.46. The number of carbonyl (C=O) groups excluding carboxylic acids is 1. The molecule has 0 aliphatic heterocycles. The molecule has 1 aromatic heterocycles. The highest BCUT2D eigenvalue weighted by Crippen LogP contribution is 2.16. The van der Waals surface area contributed by atoms with Gasteiger partial charge in [0.2, 0.25) is 5.91 Å². The number of aromatic amines is 1. The van der Waals surface area contributed by atoms with E-state index in [4.69, 9.17) is 5.73 Å². The second-order valence-corrected chi connectivity index (χ2v) is 5.02. The molecule has 2 aromatic rings. The van der Waals surface area contributed by atoms with E-state index in [1.165, 1.54) is 0 Å². The number of para-hydroxylation sites is 2. The van der Waals surface area contributed by atoms with Crippen LogP contribution in [0.25, 0.3) is 11.0 Å². The molecule has 0 bridgehead atoms. The summed E-state index contributed by atoms with van der Waals surface area (Å²) in [5.74, 6) is 0.487. The fourth-order valence-corrected chi connectivity index (χ4v) is 1.83. The maximum atomic E-state index is 12.0. The first-order valence-electron chi connectivity index (χ1n) is 6.49. The van der Waals surface area contributed by atoms with Crippen molar-refractivity contribution in [2.75, 3.05) is 0 Å². The molecular formula is C14H22Cl2N4O. The van der Waals surface area contributed by atoms with Gasteiger partial charge >= 0.3 is 0 Å². The molecule has 2 rings (SSSR count). The third-order valence-corrected chi connectivity index (χ3v) is 3.38. The zero-order valence-electron chi connectivity index (χ0n) is 12.3. The third kappa shape index (κ3) is 4.59. The summed E-state index contributed by atoms with van der Waals surface area (Å²) in [6.07, 6.45) is 0. The third-order valence-electron chi connectivity index (χ3n) is 3.38. The van der Waals surface area contributed by atoms with E-state index in [2.05, 4.69) is 15.3 Å². The predicted octanol–water partition coefficient (Wildman–Crippen LogP) is 2.57.